The Labute approximate surface area is 198 Å². The first-order chi connectivity index (χ1) is 16.1. The molecule has 2 aliphatic rings. The summed E-state index contributed by atoms with van der Waals surface area (Å²) in [7, 11) is 1.66. The van der Waals surface area contributed by atoms with Crippen molar-refractivity contribution in [2.24, 2.45) is 0 Å². The van der Waals surface area contributed by atoms with Gasteiger partial charge < -0.3 is 34.1 Å². The van der Waals surface area contributed by atoms with Crippen LogP contribution < -0.4 is 20.3 Å². The van der Waals surface area contributed by atoms with Gasteiger partial charge in [0.15, 0.2) is 16.6 Å². The third kappa shape index (κ3) is 6.35. The average Bonchev–Trinajstić information content (AvgIpc) is 2.83. The Hall–Kier alpha value is -2.40. The summed E-state index contributed by atoms with van der Waals surface area (Å²) in [5.41, 5.74) is 1.26. The highest BCUT2D eigenvalue weighted by Gasteiger charge is 2.17. The van der Waals surface area contributed by atoms with E-state index >= 15 is 0 Å². The van der Waals surface area contributed by atoms with Crippen molar-refractivity contribution in [1.29, 1.82) is 0 Å². The Kier molecular flexibility index (Phi) is 8.38. The summed E-state index contributed by atoms with van der Waals surface area (Å²) in [4.78, 5) is 20.3. The van der Waals surface area contributed by atoms with E-state index in [9.17, 15) is 4.79 Å². The Morgan fingerprint density at radius 1 is 1.18 bits per heavy atom. The third-order valence-electron chi connectivity index (χ3n) is 5.82. The summed E-state index contributed by atoms with van der Waals surface area (Å²) in [6.45, 7) is 7.82. The van der Waals surface area contributed by atoms with Gasteiger partial charge in [-0.25, -0.2) is 0 Å². The van der Waals surface area contributed by atoms with Gasteiger partial charge in [-0.2, -0.15) is 0 Å². The van der Waals surface area contributed by atoms with Crippen LogP contribution in [-0.4, -0.2) is 92.8 Å². The van der Waals surface area contributed by atoms with Gasteiger partial charge in [-0.3, -0.25) is 9.69 Å². The molecule has 0 spiro atoms. The molecule has 180 valence electrons. The number of thiocarbonyl (C=S) groups is 1. The van der Waals surface area contributed by atoms with Gasteiger partial charge in [0.2, 0.25) is 0 Å². The lowest BCUT2D eigenvalue weighted by molar-refractivity contribution is 0.0367. The molecule has 9 nitrogen and oxygen atoms in total. The normalized spacial score (nSPS) is 16.0. The number of morpholine rings is 1. The molecule has 1 aromatic heterocycles. The Bertz CT molecular complexity index is 1010. The number of ether oxygens (including phenoxy) is 4. The van der Waals surface area contributed by atoms with Gasteiger partial charge in [-0.05, 0) is 30.8 Å². The summed E-state index contributed by atoms with van der Waals surface area (Å²) < 4.78 is 21.9. The minimum atomic E-state index is -0.128. The fourth-order valence-corrected chi connectivity index (χ4v) is 4.30. The van der Waals surface area contributed by atoms with Crippen molar-refractivity contribution in [3.8, 4) is 11.5 Å². The number of pyridine rings is 1. The first kappa shape index (κ1) is 23.7. The van der Waals surface area contributed by atoms with Crippen LogP contribution in [-0.2, 0) is 16.0 Å². The highest BCUT2D eigenvalue weighted by molar-refractivity contribution is 7.80. The van der Waals surface area contributed by atoms with Gasteiger partial charge in [0.25, 0.3) is 5.56 Å². The molecular formula is C23H32N4O5S. The van der Waals surface area contributed by atoms with Crippen molar-refractivity contribution in [1.82, 2.24) is 20.1 Å². The van der Waals surface area contributed by atoms with Crippen LogP contribution in [0.5, 0.6) is 11.5 Å². The minimum absolute atomic E-state index is 0.128. The zero-order valence-electron chi connectivity index (χ0n) is 19.1. The summed E-state index contributed by atoms with van der Waals surface area (Å²) >= 11 is 5.65. The van der Waals surface area contributed by atoms with Crippen LogP contribution in [0.25, 0.3) is 10.9 Å². The second-order valence-corrected chi connectivity index (χ2v) is 8.55. The lowest BCUT2D eigenvalue weighted by Gasteiger charge is -2.29. The quantitative estimate of drug-likeness (QED) is 0.411. The van der Waals surface area contributed by atoms with Crippen LogP contribution in [0.1, 0.15) is 12.0 Å². The molecule has 4 rings (SSSR count). The monoisotopic (exact) mass is 476 g/mol. The van der Waals surface area contributed by atoms with E-state index in [2.05, 4.69) is 20.1 Å². The van der Waals surface area contributed by atoms with E-state index in [1.165, 1.54) is 0 Å². The van der Waals surface area contributed by atoms with Crippen molar-refractivity contribution in [3.05, 3.63) is 34.1 Å². The number of aromatic amines is 1. The average molecular weight is 477 g/mol. The summed E-state index contributed by atoms with van der Waals surface area (Å²) in [5.74, 6) is 1.36. The molecule has 2 aliphatic heterocycles. The zero-order chi connectivity index (χ0) is 23.0. The molecule has 10 heteroatoms. The van der Waals surface area contributed by atoms with Gasteiger partial charge in [-0.15, -0.1) is 0 Å². The molecule has 1 saturated heterocycles. The number of nitrogens with one attached hydrogen (secondary N) is 2. The van der Waals surface area contributed by atoms with Crippen molar-refractivity contribution in [2.75, 3.05) is 72.9 Å². The predicted octanol–water partition coefficient (Wildman–Crippen LogP) is 1.34. The molecule has 2 N–H and O–H groups in total. The fraction of sp³-hybridized carbons (Fsp3) is 0.565. The molecule has 0 unspecified atom stereocenters. The number of methoxy groups -OCH3 is 1. The molecule has 0 amide bonds. The Balaban J connectivity index is 1.48. The molecule has 0 bridgehead atoms. The molecule has 0 radical (unpaired) electrons. The van der Waals surface area contributed by atoms with Gasteiger partial charge in [0.05, 0.1) is 31.9 Å². The molecule has 1 fully saturated rings. The van der Waals surface area contributed by atoms with E-state index in [4.69, 9.17) is 31.2 Å². The first-order valence-electron chi connectivity index (χ1n) is 11.4. The number of fused-ring (bicyclic) bond motifs is 2. The number of aromatic nitrogens is 1. The lowest BCUT2D eigenvalue weighted by Crippen LogP contribution is -2.43. The van der Waals surface area contributed by atoms with Crippen molar-refractivity contribution in [2.45, 2.75) is 13.0 Å². The van der Waals surface area contributed by atoms with Crippen LogP contribution in [0.4, 0.5) is 0 Å². The van der Waals surface area contributed by atoms with E-state index in [0.717, 1.165) is 56.7 Å². The zero-order valence-corrected chi connectivity index (χ0v) is 19.9. The van der Waals surface area contributed by atoms with Gasteiger partial charge in [0, 0.05) is 56.8 Å². The van der Waals surface area contributed by atoms with Gasteiger partial charge >= 0.3 is 0 Å². The number of benzene rings is 1. The maximum Gasteiger partial charge on any atom is 0.253 e. The lowest BCUT2D eigenvalue weighted by atomic mass is 10.1. The van der Waals surface area contributed by atoms with Crippen LogP contribution in [0, 0.1) is 0 Å². The molecule has 1 aromatic carbocycles. The topological polar surface area (TPSA) is 88.3 Å². The Morgan fingerprint density at radius 3 is 2.70 bits per heavy atom. The van der Waals surface area contributed by atoms with E-state index < -0.39 is 0 Å². The number of H-pyrrole nitrogens is 1. The number of rotatable bonds is 9. The largest absolute Gasteiger partial charge is 0.486 e. The molecule has 0 aliphatic carbocycles. The summed E-state index contributed by atoms with van der Waals surface area (Å²) in [6.07, 6.45) is 0.941. The van der Waals surface area contributed by atoms with E-state index in [0.29, 0.717) is 55.1 Å². The molecule has 33 heavy (non-hydrogen) atoms. The van der Waals surface area contributed by atoms with Crippen LogP contribution in [0.3, 0.4) is 0 Å². The molecule has 0 saturated carbocycles. The second-order valence-electron chi connectivity index (χ2n) is 8.16. The predicted molar refractivity (Wildman–Crippen MR) is 130 cm³/mol. The highest BCUT2D eigenvalue weighted by Crippen LogP contribution is 2.33. The van der Waals surface area contributed by atoms with Crippen LogP contribution in [0.15, 0.2) is 23.0 Å². The number of hydrogen-bond acceptors (Lipinski definition) is 7. The van der Waals surface area contributed by atoms with E-state index in [-0.39, 0.29) is 5.56 Å². The van der Waals surface area contributed by atoms with Crippen LogP contribution in [0.2, 0.25) is 0 Å². The maximum atomic E-state index is 12.9. The second kappa shape index (κ2) is 11.6. The van der Waals surface area contributed by atoms with Crippen molar-refractivity contribution < 1.29 is 18.9 Å². The highest BCUT2D eigenvalue weighted by atomic mass is 32.1. The third-order valence-corrected chi connectivity index (χ3v) is 6.22. The van der Waals surface area contributed by atoms with E-state index in [1.54, 1.807) is 7.11 Å². The number of hydrogen-bond donors (Lipinski definition) is 2. The fourth-order valence-electron chi connectivity index (χ4n) is 4.05. The molecular weight excluding hydrogens is 444 g/mol. The summed E-state index contributed by atoms with van der Waals surface area (Å²) in [6, 6.07) is 5.66. The molecule has 2 aromatic rings. The van der Waals surface area contributed by atoms with Crippen LogP contribution >= 0.6 is 12.2 Å². The van der Waals surface area contributed by atoms with Gasteiger partial charge in [0.1, 0.15) is 13.2 Å². The molecule has 3 heterocycles. The van der Waals surface area contributed by atoms with E-state index in [1.807, 2.05) is 18.2 Å². The maximum absolute atomic E-state index is 12.9. The number of nitrogens with zero attached hydrogens (tertiary/aromatic N) is 2. The smallest absolute Gasteiger partial charge is 0.253 e. The van der Waals surface area contributed by atoms with Crippen molar-refractivity contribution >= 4 is 28.2 Å². The van der Waals surface area contributed by atoms with Gasteiger partial charge in [-0.1, -0.05) is 0 Å². The minimum Gasteiger partial charge on any atom is -0.486 e. The Morgan fingerprint density at radius 2 is 1.94 bits per heavy atom. The standard InChI is InChI=1S/C23H32N4O5S/c1-29-8-3-24-23(33)27(5-2-4-26-6-9-30-10-7-26)16-18-13-17-14-20-21(32-12-11-31-20)15-19(17)25-22(18)28/h13-15H,2-12,16H2,1H3,(H,24,33)(H,25,28). The summed E-state index contributed by atoms with van der Waals surface area (Å²) in [5, 5.41) is 4.76. The SMILES string of the molecule is COCCNC(=S)N(CCCN1CCOCC1)Cc1cc2cc3c(cc2[nH]c1=O)OCCO3. The van der Waals surface area contributed by atoms with Crippen molar-refractivity contribution in [3.63, 3.8) is 0 Å². The first-order valence-corrected chi connectivity index (χ1v) is 11.8. The molecule has 0 atom stereocenters.